The Labute approximate surface area is 85.1 Å². The maximum Gasteiger partial charge on any atom is 0.248 e. The minimum Gasteiger partial charge on any atom is -0.366 e. The van der Waals surface area contributed by atoms with E-state index in [0.29, 0.717) is 11.5 Å². The van der Waals surface area contributed by atoms with Crippen LogP contribution >= 0.6 is 0 Å². The van der Waals surface area contributed by atoms with Gasteiger partial charge in [-0.25, -0.2) is 0 Å². The topological polar surface area (TPSA) is 43.1 Å². The molecular formula is C12H17NO. The smallest absolute Gasteiger partial charge is 0.248 e. The molecule has 0 unspecified atom stereocenters. The Balaban J connectivity index is 3.31. The van der Waals surface area contributed by atoms with E-state index in [1.54, 1.807) is 0 Å². The van der Waals surface area contributed by atoms with Crippen LogP contribution in [0, 0.1) is 13.8 Å². The maximum absolute atomic E-state index is 11.1. The summed E-state index contributed by atoms with van der Waals surface area (Å²) in [6.45, 7) is 8.23. The van der Waals surface area contributed by atoms with E-state index in [2.05, 4.69) is 19.9 Å². The monoisotopic (exact) mass is 191 g/mol. The lowest BCUT2D eigenvalue weighted by molar-refractivity contribution is 0.0999. The van der Waals surface area contributed by atoms with Crippen LogP contribution in [0.1, 0.15) is 46.8 Å². The molecule has 0 radical (unpaired) electrons. The highest BCUT2D eigenvalue weighted by atomic mass is 16.1. The molecule has 0 aliphatic carbocycles. The van der Waals surface area contributed by atoms with Gasteiger partial charge in [0.2, 0.25) is 5.91 Å². The molecule has 76 valence electrons. The number of rotatable bonds is 2. The molecule has 1 rings (SSSR count). The van der Waals surface area contributed by atoms with Crippen molar-refractivity contribution in [3.8, 4) is 0 Å². The van der Waals surface area contributed by atoms with Gasteiger partial charge >= 0.3 is 0 Å². The van der Waals surface area contributed by atoms with Gasteiger partial charge in [0.1, 0.15) is 0 Å². The summed E-state index contributed by atoms with van der Waals surface area (Å²) in [5.41, 5.74) is 9.29. The average molecular weight is 191 g/mol. The van der Waals surface area contributed by atoms with Crippen molar-refractivity contribution in [2.45, 2.75) is 33.6 Å². The lowest BCUT2D eigenvalue weighted by Crippen LogP contribution is -2.13. The summed E-state index contributed by atoms with van der Waals surface area (Å²) < 4.78 is 0. The molecule has 1 aromatic carbocycles. The Morgan fingerprint density at radius 1 is 1.21 bits per heavy atom. The van der Waals surface area contributed by atoms with Gasteiger partial charge in [-0.1, -0.05) is 19.9 Å². The lowest BCUT2D eigenvalue weighted by Gasteiger charge is -2.12. The molecule has 0 aliphatic rings. The molecule has 1 aromatic rings. The number of aryl methyl sites for hydroxylation is 2. The van der Waals surface area contributed by atoms with Gasteiger partial charge < -0.3 is 5.73 Å². The Bertz CT molecular complexity index is 367. The second-order valence-electron chi connectivity index (χ2n) is 4.04. The van der Waals surface area contributed by atoms with Crippen LogP contribution in [0.15, 0.2) is 12.1 Å². The number of carbonyl (C=O) groups excluding carboxylic acids is 1. The Morgan fingerprint density at radius 3 is 2.21 bits per heavy atom. The fraction of sp³-hybridized carbons (Fsp3) is 0.417. The van der Waals surface area contributed by atoms with E-state index in [4.69, 9.17) is 5.73 Å². The molecule has 0 aromatic heterocycles. The van der Waals surface area contributed by atoms with E-state index in [0.717, 1.165) is 11.1 Å². The van der Waals surface area contributed by atoms with E-state index < -0.39 is 0 Å². The molecule has 2 nitrogen and oxygen atoms in total. The van der Waals surface area contributed by atoms with Gasteiger partial charge in [-0.3, -0.25) is 4.79 Å². The highest BCUT2D eigenvalue weighted by Crippen LogP contribution is 2.22. The van der Waals surface area contributed by atoms with Crippen LogP contribution in [-0.2, 0) is 0 Å². The number of hydrogen-bond donors (Lipinski definition) is 1. The third-order valence-electron chi connectivity index (χ3n) is 2.50. The van der Waals surface area contributed by atoms with E-state index in [-0.39, 0.29) is 5.91 Å². The van der Waals surface area contributed by atoms with Crippen LogP contribution in [0.5, 0.6) is 0 Å². The molecule has 0 spiro atoms. The van der Waals surface area contributed by atoms with Gasteiger partial charge in [0, 0.05) is 5.56 Å². The molecule has 0 aliphatic heterocycles. The molecule has 0 bridgehead atoms. The quantitative estimate of drug-likeness (QED) is 0.767. The highest BCUT2D eigenvalue weighted by molar-refractivity contribution is 5.94. The minimum atomic E-state index is -0.346. The standard InChI is InChI=1S/C12H17NO/c1-7(2)10-5-9(4)11(12(13)14)6-8(10)3/h5-7H,1-4H3,(H2,13,14). The third-order valence-corrected chi connectivity index (χ3v) is 2.50. The average Bonchev–Trinajstić information content (AvgIpc) is 2.07. The van der Waals surface area contributed by atoms with E-state index >= 15 is 0 Å². The summed E-state index contributed by atoms with van der Waals surface area (Å²) >= 11 is 0. The summed E-state index contributed by atoms with van der Waals surface area (Å²) in [5, 5.41) is 0. The van der Waals surface area contributed by atoms with Crippen LogP contribution < -0.4 is 5.73 Å². The first-order chi connectivity index (χ1) is 6.43. The second kappa shape index (κ2) is 3.82. The summed E-state index contributed by atoms with van der Waals surface area (Å²) in [6, 6.07) is 3.94. The fourth-order valence-corrected chi connectivity index (χ4v) is 1.73. The van der Waals surface area contributed by atoms with Gasteiger partial charge in [-0.2, -0.15) is 0 Å². The van der Waals surface area contributed by atoms with Crippen molar-refractivity contribution in [1.29, 1.82) is 0 Å². The number of hydrogen-bond acceptors (Lipinski definition) is 1. The minimum absolute atomic E-state index is 0.346. The van der Waals surface area contributed by atoms with Crippen LogP contribution in [0.4, 0.5) is 0 Å². The molecule has 2 heteroatoms. The first-order valence-electron chi connectivity index (χ1n) is 4.84. The zero-order valence-electron chi connectivity index (χ0n) is 9.22. The highest BCUT2D eigenvalue weighted by Gasteiger charge is 2.10. The van der Waals surface area contributed by atoms with Gasteiger partial charge in [0.05, 0.1) is 0 Å². The van der Waals surface area contributed by atoms with E-state index in [1.165, 1.54) is 5.56 Å². The lowest BCUT2D eigenvalue weighted by atomic mass is 9.93. The fourth-order valence-electron chi connectivity index (χ4n) is 1.73. The molecule has 0 saturated carbocycles. The van der Waals surface area contributed by atoms with E-state index in [1.807, 2.05) is 19.9 Å². The van der Waals surface area contributed by atoms with Crippen LogP contribution in [0.25, 0.3) is 0 Å². The van der Waals surface area contributed by atoms with E-state index in [9.17, 15) is 4.79 Å². The molecule has 2 N–H and O–H groups in total. The third kappa shape index (κ3) is 1.95. The number of primary amides is 1. The van der Waals surface area contributed by atoms with Gasteiger partial charge in [-0.05, 0) is 42.5 Å². The van der Waals surface area contributed by atoms with Crippen molar-refractivity contribution >= 4 is 5.91 Å². The van der Waals surface area contributed by atoms with Crippen LogP contribution in [0.3, 0.4) is 0 Å². The molecule has 1 amide bonds. The number of nitrogens with two attached hydrogens (primary N) is 1. The van der Waals surface area contributed by atoms with Crippen LogP contribution in [0.2, 0.25) is 0 Å². The van der Waals surface area contributed by atoms with Gasteiger partial charge in [-0.15, -0.1) is 0 Å². The van der Waals surface area contributed by atoms with Crippen molar-refractivity contribution in [3.63, 3.8) is 0 Å². The first kappa shape index (κ1) is 10.8. The number of benzene rings is 1. The van der Waals surface area contributed by atoms with Crippen molar-refractivity contribution < 1.29 is 4.79 Å². The Kier molecular flexibility index (Phi) is 2.94. The predicted octanol–water partition coefficient (Wildman–Crippen LogP) is 2.53. The molecule has 0 atom stereocenters. The van der Waals surface area contributed by atoms with Crippen molar-refractivity contribution in [1.82, 2.24) is 0 Å². The Morgan fingerprint density at radius 2 is 1.79 bits per heavy atom. The van der Waals surface area contributed by atoms with Crippen molar-refractivity contribution in [2.75, 3.05) is 0 Å². The zero-order valence-corrected chi connectivity index (χ0v) is 9.22. The van der Waals surface area contributed by atoms with Crippen molar-refractivity contribution in [2.24, 2.45) is 5.73 Å². The second-order valence-corrected chi connectivity index (χ2v) is 4.04. The predicted molar refractivity (Wildman–Crippen MR) is 58.5 cm³/mol. The van der Waals surface area contributed by atoms with Gasteiger partial charge in [0.15, 0.2) is 0 Å². The Hall–Kier alpha value is -1.31. The van der Waals surface area contributed by atoms with Crippen molar-refractivity contribution in [3.05, 3.63) is 34.4 Å². The summed E-state index contributed by atoms with van der Waals surface area (Å²) in [4.78, 5) is 11.1. The molecule has 0 heterocycles. The summed E-state index contributed by atoms with van der Waals surface area (Å²) in [5.74, 6) is 0.136. The largest absolute Gasteiger partial charge is 0.366 e. The maximum atomic E-state index is 11.1. The zero-order chi connectivity index (χ0) is 10.9. The normalized spacial score (nSPS) is 10.6. The molecule has 0 saturated heterocycles. The SMILES string of the molecule is Cc1cc(C(C)C)c(C)cc1C(N)=O. The number of carbonyl (C=O) groups is 1. The summed E-state index contributed by atoms with van der Waals surface area (Å²) in [6.07, 6.45) is 0. The summed E-state index contributed by atoms with van der Waals surface area (Å²) in [7, 11) is 0. The number of amides is 1. The molecular weight excluding hydrogens is 174 g/mol. The molecule has 0 fully saturated rings. The molecule has 14 heavy (non-hydrogen) atoms. The first-order valence-corrected chi connectivity index (χ1v) is 4.84. The van der Waals surface area contributed by atoms with Crippen LogP contribution in [-0.4, -0.2) is 5.91 Å². The van der Waals surface area contributed by atoms with Gasteiger partial charge in [0.25, 0.3) is 0 Å².